The normalized spacial score (nSPS) is 12.1. The van der Waals surface area contributed by atoms with E-state index < -0.39 is 5.92 Å². The summed E-state index contributed by atoms with van der Waals surface area (Å²) in [6.45, 7) is 1.71. The first kappa shape index (κ1) is 12.0. The highest BCUT2D eigenvalue weighted by Gasteiger charge is 2.21. The minimum absolute atomic E-state index is 0.0407. The van der Waals surface area contributed by atoms with Crippen LogP contribution in [0.5, 0.6) is 11.5 Å². The average Bonchev–Trinajstić information content (AvgIpc) is 2.34. The standard InChI is InChI=1S/C13H12N2O3/c1-8-4-9(17)5-12(18)13(8)10(6-16)11-2-3-14-7-15-11/h2-7,10,17-18H,1H3/t10-/m1/s1. The van der Waals surface area contributed by atoms with E-state index in [0.29, 0.717) is 23.1 Å². The van der Waals surface area contributed by atoms with E-state index in [-0.39, 0.29) is 11.5 Å². The quantitative estimate of drug-likeness (QED) is 0.800. The molecule has 1 aromatic heterocycles. The van der Waals surface area contributed by atoms with Gasteiger partial charge in [-0.1, -0.05) is 0 Å². The van der Waals surface area contributed by atoms with E-state index in [1.807, 2.05) is 0 Å². The number of phenolic OH excluding ortho intramolecular Hbond substituents is 2. The molecule has 0 aliphatic rings. The Morgan fingerprint density at radius 2 is 2.11 bits per heavy atom. The summed E-state index contributed by atoms with van der Waals surface area (Å²) in [5, 5.41) is 19.2. The van der Waals surface area contributed by atoms with Gasteiger partial charge in [-0.2, -0.15) is 0 Å². The van der Waals surface area contributed by atoms with Crippen molar-refractivity contribution in [3.05, 3.63) is 47.5 Å². The fourth-order valence-corrected chi connectivity index (χ4v) is 1.94. The summed E-state index contributed by atoms with van der Waals surface area (Å²) < 4.78 is 0. The van der Waals surface area contributed by atoms with Crippen molar-refractivity contribution >= 4 is 6.29 Å². The highest BCUT2D eigenvalue weighted by Crippen LogP contribution is 2.34. The van der Waals surface area contributed by atoms with E-state index in [1.54, 1.807) is 13.0 Å². The van der Waals surface area contributed by atoms with Crippen LogP contribution in [0.25, 0.3) is 0 Å². The lowest BCUT2D eigenvalue weighted by Crippen LogP contribution is -2.07. The molecule has 5 heteroatoms. The first-order valence-electron chi connectivity index (χ1n) is 5.37. The number of hydrogen-bond donors (Lipinski definition) is 2. The Kier molecular flexibility index (Phi) is 3.23. The van der Waals surface area contributed by atoms with E-state index in [9.17, 15) is 15.0 Å². The molecule has 0 saturated heterocycles. The SMILES string of the molecule is Cc1cc(O)cc(O)c1[C@H](C=O)c1ccncn1. The smallest absolute Gasteiger partial charge is 0.133 e. The number of carbonyl (C=O) groups excluding carboxylic acids is 1. The lowest BCUT2D eigenvalue weighted by Gasteiger charge is -2.15. The fraction of sp³-hybridized carbons (Fsp3) is 0.154. The molecule has 0 spiro atoms. The van der Waals surface area contributed by atoms with Crippen LogP contribution in [-0.4, -0.2) is 26.5 Å². The molecule has 0 aliphatic carbocycles. The van der Waals surface area contributed by atoms with Gasteiger partial charge < -0.3 is 15.0 Å². The van der Waals surface area contributed by atoms with Crippen molar-refractivity contribution in [3.63, 3.8) is 0 Å². The Balaban J connectivity index is 2.56. The molecule has 0 radical (unpaired) electrons. The van der Waals surface area contributed by atoms with Crippen LogP contribution < -0.4 is 0 Å². The third-order valence-electron chi connectivity index (χ3n) is 2.72. The second-order valence-electron chi connectivity index (χ2n) is 3.94. The Morgan fingerprint density at radius 3 is 2.67 bits per heavy atom. The van der Waals surface area contributed by atoms with Gasteiger partial charge in [-0.05, 0) is 24.6 Å². The van der Waals surface area contributed by atoms with Crippen molar-refractivity contribution in [2.24, 2.45) is 0 Å². The second-order valence-corrected chi connectivity index (χ2v) is 3.94. The minimum Gasteiger partial charge on any atom is -0.508 e. The monoisotopic (exact) mass is 244 g/mol. The molecule has 1 atom stereocenters. The Bertz CT molecular complexity index is 547. The van der Waals surface area contributed by atoms with Gasteiger partial charge in [0.15, 0.2) is 0 Å². The van der Waals surface area contributed by atoms with Gasteiger partial charge in [0.2, 0.25) is 0 Å². The van der Waals surface area contributed by atoms with Crippen LogP contribution in [0.15, 0.2) is 30.7 Å². The molecule has 0 amide bonds. The number of aromatic hydroxyl groups is 2. The first-order valence-corrected chi connectivity index (χ1v) is 5.37. The van der Waals surface area contributed by atoms with Gasteiger partial charge in [0, 0.05) is 17.8 Å². The van der Waals surface area contributed by atoms with Crippen LogP contribution in [0.2, 0.25) is 0 Å². The van der Waals surface area contributed by atoms with Crippen molar-refractivity contribution in [1.82, 2.24) is 9.97 Å². The molecule has 2 N–H and O–H groups in total. The predicted octanol–water partition coefficient (Wildman–Crippen LogP) is 1.53. The number of carbonyl (C=O) groups is 1. The maximum atomic E-state index is 11.3. The zero-order chi connectivity index (χ0) is 13.1. The van der Waals surface area contributed by atoms with E-state index >= 15 is 0 Å². The largest absolute Gasteiger partial charge is 0.508 e. The summed E-state index contributed by atoms with van der Waals surface area (Å²) in [6, 6.07) is 4.32. The summed E-state index contributed by atoms with van der Waals surface area (Å²) >= 11 is 0. The Hall–Kier alpha value is -2.43. The molecule has 0 saturated carbocycles. The molecule has 2 rings (SSSR count). The molecular formula is C13H12N2O3. The number of rotatable bonds is 3. The maximum Gasteiger partial charge on any atom is 0.133 e. The lowest BCUT2D eigenvalue weighted by molar-refractivity contribution is -0.108. The second kappa shape index (κ2) is 4.83. The Morgan fingerprint density at radius 1 is 1.33 bits per heavy atom. The van der Waals surface area contributed by atoms with Crippen LogP contribution >= 0.6 is 0 Å². The third-order valence-corrected chi connectivity index (χ3v) is 2.72. The molecule has 18 heavy (non-hydrogen) atoms. The molecule has 1 heterocycles. The fourth-order valence-electron chi connectivity index (χ4n) is 1.94. The van der Waals surface area contributed by atoms with Gasteiger partial charge in [0.25, 0.3) is 0 Å². The van der Waals surface area contributed by atoms with Crippen LogP contribution in [0.1, 0.15) is 22.7 Å². The number of aldehydes is 1. The summed E-state index contributed by atoms with van der Waals surface area (Å²) in [5.74, 6) is -0.835. The van der Waals surface area contributed by atoms with Gasteiger partial charge in [-0.15, -0.1) is 0 Å². The molecule has 5 nitrogen and oxygen atoms in total. The Labute approximate surface area is 104 Å². The molecular weight excluding hydrogens is 232 g/mol. The zero-order valence-corrected chi connectivity index (χ0v) is 9.74. The topological polar surface area (TPSA) is 83.3 Å². The van der Waals surface area contributed by atoms with Crippen molar-refractivity contribution in [1.29, 1.82) is 0 Å². The number of aryl methyl sites for hydroxylation is 1. The van der Waals surface area contributed by atoms with Crippen molar-refractivity contribution in [3.8, 4) is 11.5 Å². The summed E-state index contributed by atoms with van der Waals surface area (Å²) in [4.78, 5) is 19.1. The number of phenols is 2. The van der Waals surface area contributed by atoms with E-state index in [4.69, 9.17) is 0 Å². The molecule has 0 unspecified atom stereocenters. The number of benzene rings is 1. The summed E-state index contributed by atoms with van der Waals surface area (Å²) in [6.07, 6.45) is 3.59. The first-order chi connectivity index (χ1) is 8.63. The van der Waals surface area contributed by atoms with Crippen molar-refractivity contribution in [2.45, 2.75) is 12.8 Å². The van der Waals surface area contributed by atoms with Crippen LogP contribution in [-0.2, 0) is 4.79 Å². The summed E-state index contributed by atoms with van der Waals surface area (Å²) in [5.41, 5.74) is 1.58. The van der Waals surface area contributed by atoms with Gasteiger partial charge in [-0.3, -0.25) is 0 Å². The van der Waals surface area contributed by atoms with E-state index in [2.05, 4.69) is 9.97 Å². The highest BCUT2D eigenvalue weighted by molar-refractivity contribution is 5.70. The van der Waals surface area contributed by atoms with E-state index in [0.717, 1.165) is 0 Å². The molecule has 0 aliphatic heterocycles. The van der Waals surface area contributed by atoms with Crippen LogP contribution in [0.3, 0.4) is 0 Å². The number of hydrogen-bond acceptors (Lipinski definition) is 5. The number of aromatic nitrogens is 2. The van der Waals surface area contributed by atoms with Crippen molar-refractivity contribution < 1.29 is 15.0 Å². The van der Waals surface area contributed by atoms with Gasteiger partial charge >= 0.3 is 0 Å². The van der Waals surface area contributed by atoms with Gasteiger partial charge in [0.1, 0.15) is 24.1 Å². The molecule has 2 aromatic rings. The van der Waals surface area contributed by atoms with Crippen LogP contribution in [0, 0.1) is 6.92 Å². The van der Waals surface area contributed by atoms with Gasteiger partial charge in [0.05, 0.1) is 11.6 Å². The highest BCUT2D eigenvalue weighted by atomic mass is 16.3. The third kappa shape index (κ3) is 2.15. The predicted molar refractivity (Wildman–Crippen MR) is 64.4 cm³/mol. The molecule has 0 fully saturated rings. The number of nitrogens with zero attached hydrogens (tertiary/aromatic N) is 2. The lowest BCUT2D eigenvalue weighted by atomic mass is 9.92. The molecule has 1 aromatic carbocycles. The zero-order valence-electron chi connectivity index (χ0n) is 9.74. The van der Waals surface area contributed by atoms with E-state index in [1.165, 1.54) is 24.7 Å². The summed E-state index contributed by atoms with van der Waals surface area (Å²) in [7, 11) is 0. The van der Waals surface area contributed by atoms with Crippen molar-refractivity contribution in [2.75, 3.05) is 0 Å². The average molecular weight is 244 g/mol. The van der Waals surface area contributed by atoms with Crippen LogP contribution in [0.4, 0.5) is 0 Å². The minimum atomic E-state index is -0.673. The van der Waals surface area contributed by atoms with Gasteiger partial charge in [-0.25, -0.2) is 9.97 Å². The maximum absolute atomic E-state index is 11.3. The molecule has 0 bridgehead atoms. The molecule has 92 valence electrons.